The lowest BCUT2D eigenvalue weighted by Crippen LogP contribution is -2.50. The highest BCUT2D eigenvalue weighted by Crippen LogP contribution is 2.53. The number of nitrogens with zero attached hydrogens (tertiary/aromatic N) is 2. The van der Waals surface area contributed by atoms with Gasteiger partial charge in [0.15, 0.2) is 5.82 Å². The van der Waals surface area contributed by atoms with Gasteiger partial charge < -0.3 is 5.32 Å². The van der Waals surface area contributed by atoms with Crippen molar-refractivity contribution in [1.29, 1.82) is 0 Å². The zero-order chi connectivity index (χ0) is 31.2. The molecule has 0 aliphatic heterocycles. The lowest BCUT2D eigenvalue weighted by molar-refractivity contribution is -0.348. The molecule has 4 rings (SSSR count). The number of hydrogen-bond acceptors (Lipinski definition) is 4. The van der Waals surface area contributed by atoms with Crippen LogP contribution in [0.5, 0.6) is 0 Å². The molecule has 15 heteroatoms. The number of carbonyl (C=O) groups excluding carboxylic acids is 3. The van der Waals surface area contributed by atoms with Crippen molar-refractivity contribution in [3.05, 3.63) is 88.0 Å². The molecule has 2 aromatic carbocycles. The second-order valence-electron chi connectivity index (χ2n) is 9.37. The van der Waals surface area contributed by atoms with Gasteiger partial charge in [0.05, 0.1) is 16.8 Å². The number of rotatable bonds is 6. The van der Waals surface area contributed by atoms with Crippen molar-refractivity contribution in [1.82, 2.24) is 4.98 Å². The zero-order valence-electron chi connectivity index (χ0n) is 21.2. The van der Waals surface area contributed by atoms with Crippen LogP contribution in [0, 0.1) is 18.7 Å². The van der Waals surface area contributed by atoms with Gasteiger partial charge in [0.25, 0.3) is 11.8 Å². The maximum Gasteiger partial charge on any atom is 0.435 e. The molecular formula is C27H18ClF8N3O3. The molecule has 1 aliphatic rings. The Labute approximate surface area is 237 Å². The van der Waals surface area contributed by atoms with E-state index in [9.17, 15) is 45.1 Å². The summed E-state index contributed by atoms with van der Waals surface area (Å²) in [5.74, 6) is -4.92. The first-order chi connectivity index (χ1) is 19.5. The molecule has 0 radical (unpaired) electrons. The maximum atomic E-state index is 15.7. The van der Waals surface area contributed by atoms with Crippen molar-refractivity contribution in [3.8, 4) is 0 Å². The molecule has 0 unspecified atom stereocenters. The summed E-state index contributed by atoms with van der Waals surface area (Å²) < 4.78 is 109. The van der Waals surface area contributed by atoms with Gasteiger partial charge in [-0.15, -0.1) is 0 Å². The minimum atomic E-state index is -6.34. The third-order valence-corrected chi connectivity index (χ3v) is 6.76. The number of aromatic nitrogens is 1. The first-order valence-corrected chi connectivity index (χ1v) is 12.4. The molecule has 1 N–H and O–H groups in total. The van der Waals surface area contributed by atoms with Crippen LogP contribution < -0.4 is 10.2 Å². The highest BCUT2D eigenvalue weighted by atomic mass is 35.5. The summed E-state index contributed by atoms with van der Waals surface area (Å²) in [5, 5.41) is 1.87. The average molecular weight is 620 g/mol. The smallest absolute Gasteiger partial charge is 0.322 e. The number of alkyl halides is 7. The highest BCUT2D eigenvalue weighted by molar-refractivity contribution is 6.35. The summed E-state index contributed by atoms with van der Waals surface area (Å²) in [7, 11) is 0. The Kier molecular flexibility index (Phi) is 8.06. The molecule has 1 heterocycles. The number of pyridine rings is 1. The fourth-order valence-corrected chi connectivity index (χ4v) is 4.27. The summed E-state index contributed by atoms with van der Waals surface area (Å²) in [5.41, 5.74) is -9.76. The van der Waals surface area contributed by atoms with Crippen LogP contribution in [0.4, 0.5) is 46.5 Å². The van der Waals surface area contributed by atoms with E-state index in [0.717, 1.165) is 25.1 Å². The Balaban J connectivity index is 1.68. The van der Waals surface area contributed by atoms with Gasteiger partial charge in [-0.25, -0.2) is 18.7 Å². The second-order valence-corrected chi connectivity index (χ2v) is 9.73. The maximum absolute atomic E-state index is 15.7. The average Bonchev–Trinajstić information content (AvgIpc) is 3.75. The van der Waals surface area contributed by atoms with Crippen molar-refractivity contribution < 1.29 is 49.5 Å². The molecule has 1 saturated carbocycles. The first-order valence-electron chi connectivity index (χ1n) is 12.0. The van der Waals surface area contributed by atoms with E-state index in [-0.39, 0.29) is 28.5 Å². The monoisotopic (exact) mass is 619 g/mol. The Bertz CT molecular complexity index is 1560. The van der Waals surface area contributed by atoms with Gasteiger partial charge in [-0.05, 0) is 55.7 Å². The molecule has 0 atom stereocenters. The summed E-state index contributed by atoms with van der Waals surface area (Å²) in [6.45, 7) is 1.01. The molecule has 222 valence electrons. The number of amides is 3. The predicted molar refractivity (Wildman–Crippen MR) is 134 cm³/mol. The third kappa shape index (κ3) is 5.54. The van der Waals surface area contributed by atoms with Crippen LogP contribution in [0.3, 0.4) is 0 Å². The largest absolute Gasteiger partial charge is 0.435 e. The van der Waals surface area contributed by atoms with Crippen molar-refractivity contribution in [3.63, 3.8) is 0 Å². The number of benzene rings is 2. The van der Waals surface area contributed by atoms with Gasteiger partial charge in [-0.3, -0.25) is 14.4 Å². The molecule has 6 nitrogen and oxygen atoms in total. The molecule has 3 aromatic rings. The SMILES string of the molecule is Cc1cc(C(F)(C(F)(F)F)C(F)(F)F)ccc1NC(=O)c1cccc(N(C(=O)c2cccnc2Cl)C(=O)C2CC2)c1F. The molecular weight excluding hydrogens is 602 g/mol. The van der Waals surface area contributed by atoms with Crippen LogP contribution >= 0.6 is 11.6 Å². The third-order valence-electron chi connectivity index (χ3n) is 6.46. The minimum absolute atomic E-state index is 0.197. The number of anilines is 2. The van der Waals surface area contributed by atoms with Gasteiger partial charge >= 0.3 is 18.0 Å². The van der Waals surface area contributed by atoms with Gasteiger partial charge in [0.2, 0.25) is 5.91 Å². The summed E-state index contributed by atoms with van der Waals surface area (Å²) in [4.78, 5) is 43.6. The van der Waals surface area contributed by atoms with Crippen molar-refractivity contribution in [2.24, 2.45) is 5.92 Å². The van der Waals surface area contributed by atoms with E-state index in [1.165, 1.54) is 18.3 Å². The molecule has 1 aromatic heterocycles. The van der Waals surface area contributed by atoms with Crippen LogP contribution in [0.25, 0.3) is 0 Å². The van der Waals surface area contributed by atoms with Crippen molar-refractivity contribution in [2.75, 3.05) is 10.2 Å². The molecule has 1 fully saturated rings. The summed E-state index contributed by atoms with van der Waals surface area (Å²) in [6, 6.07) is 6.87. The molecule has 1 aliphatic carbocycles. The van der Waals surface area contributed by atoms with Crippen LogP contribution in [0.1, 0.15) is 44.7 Å². The van der Waals surface area contributed by atoms with Gasteiger partial charge in [-0.2, -0.15) is 26.3 Å². The van der Waals surface area contributed by atoms with Crippen LogP contribution in [-0.2, 0) is 10.5 Å². The first kappa shape index (κ1) is 30.9. The van der Waals surface area contributed by atoms with Gasteiger partial charge in [0, 0.05) is 23.4 Å². The van der Waals surface area contributed by atoms with Crippen molar-refractivity contribution in [2.45, 2.75) is 37.8 Å². The van der Waals surface area contributed by atoms with Crippen LogP contribution in [0.15, 0.2) is 54.7 Å². The Morgan fingerprint density at radius 2 is 1.55 bits per heavy atom. The fraction of sp³-hybridized carbons (Fsp3) is 0.259. The van der Waals surface area contributed by atoms with E-state index in [1.807, 2.05) is 0 Å². The normalized spacial score (nSPS) is 14.0. The zero-order valence-corrected chi connectivity index (χ0v) is 22.0. The number of carbonyl (C=O) groups is 3. The predicted octanol–water partition coefficient (Wildman–Crippen LogP) is 7.31. The molecule has 3 amide bonds. The van der Waals surface area contributed by atoms with E-state index < -0.39 is 69.9 Å². The van der Waals surface area contributed by atoms with E-state index in [2.05, 4.69) is 10.3 Å². The molecule has 0 bridgehead atoms. The lowest BCUT2D eigenvalue weighted by atomic mass is 9.92. The summed E-state index contributed by atoms with van der Waals surface area (Å²) in [6.07, 6.45) is -10.5. The number of aryl methyl sites for hydroxylation is 1. The lowest BCUT2D eigenvalue weighted by Gasteiger charge is -2.30. The quantitative estimate of drug-likeness (QED) is 0.178. The molecule has 0 saturated heterocycles. The Hall–Kier alpha value is -4.07. The second kappa shape index (κ2) is 11.0. The van der Waals surface area contributed by atoms with Crippen molar-refractivity contribution >= 4 is 40.7 Å². The van der Waals surface area contributed by atoms with Crippen LogP contribution in [-0.4, -0.2) is 35.1 Å². The summed E-state index contributed by atoms with van der Waals surface area (Å²) >= 11 is 5.99. The van der Waals surface area contributed by atoms with E-state index in [4.69, 9.17) is 11.6 Å². The number of nitrogens with one attached hydrogen (secondary N) is 1. The number of imide groups is 1. The van der Waals surface area contributed by atoms with Gasteiger partial charge in [0.1, 0.15) is 5.15 Å². The van der Waals surface area contributed by atoms with Crippen LogP contribution in [0.2, 0.25) is 5.15 Å². The highest BCUT2D eigenvalue weighted by Gasteiger charge is 2.73. The Morgan fingerprint density at radius 3 is 2.10 bits per heavy atom. The Morgan fingerprint density at radius 1 is 0.929 bits per heavy atom. The van der Waals surface area contributed by atoms with E-state index in [0.29, 0.717) is 23.8 Å². The topological polar surface area (TPSA) is 79.4 Å². The minimum Gasteiger partial charge on any atom is -0.322 e. The van der Waals surface area contributed by atoms with Gasteiger partial charge in [-0.1, -0.05) is 29.8 Å². The number of halogens is 9. The molecule has 42 heavy (non-hydrogen) atoms. The van der Waals surface area contributed by atoms with E-state index >= 15 is 4.39 Å². The standard InChI is InChI=1S/C27H18ClF8N3O3/c1-13-12-15(25(30,26(31,32)33)27(34,35)36)9-10-18(13)38-22(40)16-4-2-6-19(20(16)29)39(23(41)14-7-8-14)24(42)17-5-3-11-37-21(17)28/h2-6,9-12,14H,7-8H2,1H3,(H,38,40). The van der Waals surface area contributed by atoms with E-state index in [1.54, 1.807) is 0 Å². The fourth-order valence-electron chi connectivity index (χ4n) is 4.07. The molecule has 0 spiro atoms. The number of hydrogen-bond donors (Lipinski definition) is 1.